The van der Waals surface area contributed by atoms with E-state index in [1.807, 2.05) is 50.2 Å². The Morgan fingerprint density at radius 3 is 2.69 bits per heavy atom. The molecule has 0 saturated heterocycles. The van der Waals surface area contributed by atoms with Crippen LogP contribution >= 0.6 is 0 Å². The summed E-state index contributed by atoms with van der Waals surface area (Å²) in [7, 11) is 1.75. The highest BCUT2D eigenvalue weighted by Crippen LogP contribution is 2.30. The Hall–Kier alpha value is -3.95. The Morgan fingerprint density at radius 2 is 1.97 bits per heavy atom. The van der Waals surface area contributed by atoms with Gasteiger partial charge in [0.1, 0.15) is 17.5 Å². The van der Waals surface area contributed by atoms with Crippen molar-refractivity contribution in [1.29, 1.82) is 0 Å². The Labute approximate surface area is 209 Å². The molecule has 4 rings (SSSR count). The van der Waals surface area contributed by atoms with Crippen LogP contribution in [0.5, 0.6) is 5.75 Å². The highest BCUT2D eigenvalue weighted by molar-refractivity contribution is 5.70. The zero-order valence-electron chi connectivity index (χ0n) is 20.7. The summed E-state index contributed by atoms with van der Waals surface area (Å²) in [5, 5.41) is 20.4. The molecule has 2 N–H and O–H groups in total. The molecule has 10 heteroatoms. The van der Waals surface area contributed by atoms with Gasteiger partial charge >= 0.3 is 12.1 Å². The number of aryl methyl sites for hydroxylation is 2. The van der Waals surface area contributed by atoms with Crippen molar-refractivity contribution in [3.8, 4) is 17.1 Å². The van der Waals surface area contributed by atoms with Crippen LogP contribution in [0.25, 0.3) is 11.4 Å². The highest BCUT2D eigenvalue weighted by Gasteiger charge is 2.28. The van der Waals surface area contributed by atoms with Crippen molar-refractivity contribution in [2.75, 3.05) is 0 Å². The van der Waals surface area contributed by atoms with Gasteiger partial charge in [-0.15, -0.1) is 5.10 Å². The van der Waals surface area contributed by atoms with Crippen molar-refractivity contribution in [3.63, 3.8) is 0 Å². The molecule has 2 aromatic heterocycles. The number of aliphatic carboxylic acids is 1. The van der Waals surface area contributed by atoms with Crippen LogP contribution in [0.3, 0.4) is 0 Å². The molecule has 0 aliphatic heterocycles. The summed E-state index contributed by atoms with van der Waals surface area (Å²) in [6.45, 7) is 3.82. The molecule has 2 heterocycles. The lowest BCUT2D eigenvalue weighted by atomic mass is 9.87. The number of carbonyl (C=O) groups excluding carboxylic acids is 1. The van der Waals surface area contributed by atoms with Crippen molar-refractivity contribution in [1.82, 2.24) is 25.3 Å². The van der Waals surface area contributed by atoms with Gasteiger partial charge in [-0.3, -0.25) is 4.79 Å². The maximum absolute atomic E-state index is 12.4. The maximum atomic E-state index is 12.4. The van der Waals surface area contributed by atoms with E-state index in [4.69, 9.17) is 9.47 Å². The lowest BCUT2D eigenvalue weighted by Crippen LogP contribution is -2.29. The second kappa shape index (κ2) is 11.2. The number of carboxylic acid groups (broad SMARTS) is 1. The van der Waals surface area contributed by atoms with Crippen molar-refractivity contribution in [2.45, 2.75) is 58.3 Å². The number of benzene rings is 1. The number of alkyl carbamates (subject to hydrolysis) is 1. The summed E-state index contributed by atoms with van der Waals surface area (Å²) >= 11 is 0. The van der Waals surface area contributed by atoms with E-state index in [1.54, 1.807) is 17.8 Å². The fourth-order valence-corrected chi connectivity index (χ4v) is 4.38. The second-order valence-electron chi connectivity index (χ2n) is 9.04. The fourth-order valence-electron chi connectivity index (χ4n) is 4.38. The molecule has 36 heavy (non-hydrogen) atoms. The van der Waals surface area contributed by atoms with E-state index in [9.17, 15) is 14.7 Å². The van der Waals surface area contributed by atoms with Gasteiger partial charge < -0.3 is 19.9 Å². The van der Waals surface area contributed by atoms with Crippen LogP contribution in [0.1, 0.15) is 55.7 Å². The molecule has 3 aromatic rings. The number of hydrogen-bond acceptors (Lipinski definition) is 7. The number of carboxylic acids is 1. The zero-order valence-corrected chi connectivity index (χ0v) is 20.7. The van der Waals surface area contributed by atoms with E-state index in [2.05, 4.69) is 20.6 Å². The third-order valence-electron chi connectivity index (χ3n) is 6.44. The van der Waals surface area contributed by atoms with E-state index in [-0.39, 0.29) is 24.7 Å². The summed E-state index contributed by atoms with van der Waals surface area (Å²) in [5.41, 5.74) is 3.40. The molecule has 0 spiro atoms. The first-order valence-electron chi connectivity index (χ1n) is 12.1. The summed E-state index contributed by atoms with van der Waals surface area (Å²) in [4.78, 5) is 28.4. The maximum Gasteiger partial charge on any atom is 0.408 e. The van der Waals surface area contributed by atoms with Gasteiger partial charge in [-0.2, -0.15) is 0 Å². The minimum atomic E-state index is -0.768. The molecule has 0 radical (unpaired) electrons. The molecular weight excluding hydrogens is 462 g/mol. The average Bonchev–Trinajstić information content (AvgIpc) is 3.24. The first kappa shape index (κ1) is 25.2. The normalized spacial score (nSPS) is 18.3. The van der Waals surface area contributed by atoms with Crippen LogP contribution in [-0.2, 0) is 23.1 Å². The quantitative estimate of drug-likeness (QED) is 0.478. The molecule has 1 saturated carbocycles. The molecule has 1 fully saturated rings. The summed E-state index contributed by atoms with van der Waals surface area (Å²) in [5.74, 6) is -0.513. The number of carbonyl (C=O) groups is 2. The minimum Gasteiger partial charge on any atom is -0.489 e. The van der Waals surface area contributed by atoms with Crippen molar-refractivity contribution in [2.24, 2.45) is 13.0 Å². The predicted octanol–water partition coefficient (Wildman–Crippen LogP) is 4.20. The number of pyridine rings is 1. The third-order valence-corrected chi connectivity index (χ3v) is 6.44. The predicted molar refractivity (Wildman–Crippen MR) is 131 cm³/mol. The highest BCUT2D eigenvalue weighted by atomic mass is 16.6. The van der Waals surface area contributed by atoms with Crippen molar-refractivity contribution >= 4 is 12.1 Å². The van der Waals surface area contributed by atoms with Crippen LogP contribution in [0.4, 0.5) is 4.79 Å². The smallest absolute Gasteiger partial charge is 0.408 e. The van der Waals surface area contributed by atoms with Crippen LogP contribution in [0.2, 0.25) is 0 Å². The fraction of sp³-hybridized carbons (Fsp3) is 0.423. The monoisotopic (exact) mass is 493 g/mol. The summed E-state index contributed by atoms with van der Waals surface area (Å²) in [6.07, 6.45) is 1.76. The van der Waals surface area contributed by atoms with E-state index in [1.165, 1.54) is 0 Å². The number of aromatic nitrogens is 4. The zero-order chi connectivity index (χ0) is 25.7. The number of ether oxygens (including phenoxy) is 2. The summed E-state index contributed by atoms with van der Waals surface area (Å²) < 4.78 is 13.2. The molecule has 1 aliphatic rings. The van der Waals surface area contributed by atoms with Gasteiger partial charge in [-0.05, 0) is 57.2 Å². The van der Waals surface area contributed by atoms with Gasteiger partial charge in [0.25, 0.3) is 0 Å². The molecule has 1 amide bonds. The van der Waals surface area contributed by atoms with E-state index in [0.29, 0.717) is 41.4 Å². The van der Waals surface area contributed by atoms with Crippen molar-refractivity contribution in [3.05, 3.63) is 59.4 Å². The number of nitrogens with zero attached hydrogens (tertiary/aromatic N) is 4. The van der Waals surface area contributed by atoms with E-state index >= 15 is 0 Å². The lowest BCUT2D eigenvalue weighted by molar-refractivity contribution is -0.143. The van der Waals surface area contributed by atoms with Crippen LogP contribution in [0, 0.1) is 12.8 Å². The average molecular weight is 494 g/mol. The number of rotatable bonds is 8. The third kappa shape index (κ3) is 5.99. The first-order chi connectivity index (χ1) is 17.3. The largest absolute Gasteiger partial charge is 0.489 e. The van der Waals surface area contributed by atoms with Crippen LogP contribution in [-0.4, -0.2) is 43.3 Å². The van der Waals surface area contributed by atoms with Gasteiger partial charge in [0, 0.05) is 7.05 Å². The van der Waals surface area contributed by atoms with Crippen molar-refractivity contribution < 1.29 is 24.2 Å². The van der Waals surface area contributed by atoms with Gasteiger partial charge in [0.05, 0.1) is 35.6 Å². The van der Waals surface area contributed by atoms with Crippen LogP contribution in [0.15, 0.2) is 42.5 Å². The SMILES string of the molecule is Cc1nc(-c2nnn(C)c2CNC(=O)O[C@H](C)c2ccccc2)ccc1O[C@H]1CCC[C@H](C(=O)O)C1. The number of nitrogens with one attached hydrogen (secondary N) is 1. The number of hydrogen-bond donors (Lipinski definition) is 2. The molecule has 0 unspecified atom stereocenters. The van der Waals surface area contributed by atoms with E-state index in [0.717, 1.165) is 18.4 Å². The Morgan fingerprint density at radius 1 is 1.19 bits per heavy atom. The van der Waals surface area contributed by atoms with Gasteiger partial charge in [0.15, 0.2) is 0 Å². The second-order valence-corrected chi connectivity index (χ2v) is 9.04. The molecule has 10 nitrogen and oxygen atoms in total. The lowest BCUT2D eigenvalue weighted by Gasteiger charge is -2.27. The van der Waals surface area contributed by atoms with Gasteiger partial charge in [-0.25, -0.2) is 14.5 Å². The van der Waals surface area contributed by atoms with Gasteiger partial charge in [-0.1, -0.05) is 35.5 Å². The topological polar surface area (TPSA) is 128 Å². The Bertz CT molecular complexity index is 1210. The minimum absolute atomic E-state index is 0.147. The molecule has 1 aliphatic carbocycles. The molecule has 0 bridgehead atoms. The molecule has 190 valence electrons. The molecular formula is C26H31N5O5. The Balaban J connectivity index is 1.40. The first-order valence-corrected chi connectivity index (χ1v) is 12.1. The van der Waals surface area contributed by atoms with Gasteiger partial charge in [0.2, 0.25) is 0 Å². The van der Waals surface area contributed by atoms with E-state index < -0.39 is 12.1 Å². The molecule has 1 aromatic carbocycles. The molecule has 3 atom stereocenters. The standard InChI is InChI=1S/C26H31N5O5/c1-16-23(36-20-11-7-10-19(14-20)25(32)33)13-12-21(28-16)24-22(31(3)30-29-24)15-27-26(34)35-17(2)18-8-5-4-6-9-18/h4-6,8-9,12-13,17,19-20H,7,10-11,14-15H2,1-3H3,(H,27,34)(H,32,33)/t17-,19+,20+/m1/s1. The van der Waals surface area contributed by atoms with Crippen LogP contribution < -0.4 is 10.1 Å². The Kier molecular flexibility index (Phi) is 7.82. The number of amides is 1. The summed E-state index contributed by atoms with van der Waals surface area (Å²) in [6, 6.07) is 13.1.